The number of halogens is 2. The largest absolute Gasteiger partial charge is 0.545 e. The molecular weight excluding hydrogens is 388 g/mol. The zero-order valence-electron chi connectivity index (χ0n) is 14.0. The summed E-state index contributed by atoms with van der Waals surface area (Å²) in [6.07, 6.45) is 2.37. The maximum atomic E-state index is 15.3. The first-order chi connectivity index (χ1) is 13.5. The van der Waals surface area contributed by atoms with Crippen molar-refractivity contribution in [2.75, 3.05) is 5.32 Å². The van der Waals surface area contributed by atoms with E-state index in [1.165, 1.54) is 6.20 Å². The number of hydrogen-bond acceptors (Lipinski definition) is 6. The minimum Gasteiger partial charge on any atom is -0.545 e. The van der Waals surface area contributed by atoms with Crippen molar-refractivity contribution in [2.45, 2.75) is 0 Å². The van der Waals surface area contributed by atoms with Gasteiger partial charge in [0.2, 0.25) is 0 Å². The summed E-state index contributed by atoms with van der Waals surface area (Å²) < 4.78 is 31.1. The Morgan fingerprint density at radius 2 is 1.96 bits per heavy atom. The Labute approximate surface area is 160 Å². The molecule has 1 N–H and O–H groups in total. The maximum absolute atomic E-state index is 15.3. The van der Waals surface area contributed by atoms with Crippen LogP contribution in [-0.4, -0.2) is 15.5 Å². The number of carbonyl (C=O) groups excluding carboxylic acids is 1. The molecule has 0 atom stereocenters. The molecule has 0 saturated carbocycles. The molecule has 0 spiro atoms. The number of hydrogen-bond donors (Lipinski definition) is 1. The molecule has 0 bridgehead atoms. The minimum absolute atomic E-state index is 0.212. The van der Waals surface area contributed by atoms with Crippen molar-refractivity contribution < 1.29 is 18.7 Å². The van der Waals surface area contributed by atoms with Crippen molar-refractivity contribution in [3.05, 3.63) is 81.6 Å². The lowest BCUT2D eigenvalue weighted by Crippen LogP contribution is -2.30. The number of benzene rings is 2. The number of nitrogens with one attached hydrogen (secondary N) is 1. The average Bonchev–Trinajstić information content (AvgIpc) is 3.21. The fourth-order valence-corrected chi connectivity index (χ4v) is 3.45. The van der Waals surface area contributed by atoms with Crippen molar-refractivity contribution in [2.24, 2.45) is 0 Å². The van der Waals surface area contributed by atoms with Crippen LogP contribution in [0.1, 0.15) is 10.4 Å². The van der Waals surface area contributed by atoms with Gasteiger partial charge in [0.25, 0.3) is 0 Å². The number of pyridine rings is 1. The third-order valence-electron chi connectivity index (χ3n) is 4.07. The Morgan fingerprint density at radius 3 is 2.61 bits per heavy atom. The summed E-state index contributed by atoms with van der Waals surface area (Å²) in [6, 6.07) is 9.18. The highest BCUT2D eigenvalue weighted by molar-refractivity contribution is 7.12. The van der Waals surface area contributed by atoms with Crippen LogP contribution >= 0.6 is 11.3 Å². The van der Waals surface area contributed by atoms with Crippen LogP contribution in [-0.2, 0) is 0 Å². The van der Waals surface area contributed by atoms with Crippen molar-refractivity contribution >= 4 is 39.6 Å². The molecule has 9 heteroatoms. The number of anilines is 2. The summed E-state index contributed by atoms with van der Waals surface area (Å²) >= 11 is 1.10. The molecule has 0 aliphatic carbocycles. The molecule has 4 aromatic rings. The van der Waals surface area contributed by atoms with Crippen molar-refractivity contribution in [3.63, 3.8) is 0 Å². The third kappa shape index (κ3) is 2.91. The molecule has 2 aromatic carbocycles. The molecule has 0 aliphatic heterocycles. The molecule has 0 fully saturated rings. The number of para-hydroxylation sites is 1. The monoisotopic (exact) mass is 398 g/mol. The minimum atomic E-state index is -1.75. The van der Waals surface area contributed by atoms with Gasteiger partial charge in [-0.05, 0) is 18.2 Å². The highest BCUT2D eigenvalue weighted by Crippen LogP contribution is 2.31. The van der Waals surface area contributed by atoms with E-state index in [4.69, 9.17) is 0 Å². The first-order valence-electron chi connectivity index (χ1n) is 7.98. The predicted molar refractivity (Wildman–Crippen MR) is 99.2 cm³/mol. The van der Waals surface area contributed by atoms with Crippen LogP contribution in [0.2, 0.25) is 0 Å². The van der Waals surface area contributed by atoms with Gasteiger partial charge in [0.15, 0.2) is 22.2 Å². The normalized spacial score (nSPS) is 10.9. The highest BCUT2D eigenvalue weighted by atomic mass is 32.1. The van der Waals surface area contributed by atoms with E-state index in [1.807, 2.05) is 0 Å². The fraction of sp³-hybridized carbons (Fsp3) is 0. The molecule has 0 amide bonds. The lowest BCUT2D eigenvalue weighted by molar-refractivity contribution is -0.255. The Kier molecular flexibility index (Phi) is 4.36. The van der Waals surface area contributed by atoms with E-state index in [1.54, 1.807) is 35.7 Å². The van der Waals surface area contributed by atoms with Gasteiger partial charge < -0.3 is 15.2 Å². The van der Waals surface area contributed by atoms with E-state index in [-0.39, 0.29) is 10.6 Å². The van der Waals surface area contributed by atoms with Crippen molar-refractivity contribution in [3.8, 4) is 5.13 Å². The standard InChI is InChI=1S/C19H11F2N3O3S/c20-13-8-11-16(14(21)15(13)23-10-4-2-1-3-5-10)24(19-22-6-7-28-19)9-12(17(11)25)18(26)27/h1-9,23H,(H,26,27)/p-1. The number of rotatable bonds is 4. The Morgan fingerprint density at radius 1 is 1.21 bits per heavy atom. The smallest absolute Gasteiger partial charge is 0.198 e. The average molecular weight is 398 g/mol. The maximum Gasteiger partial charge on any atom is 0.198 e. The third-order valence-corrected chi connectivity index (χ3v) is 4.84. The Hall–Kier alpha value is -3.59. The second-order valence-corrected chi connectivity index (χ2v) is 6.65. The van der Waals surface area contributed by atoms with E-state index < -0.39 is 39.7 Å². The zero-order valence-corrected chi connectivity index (χ0v) is 14.8. The molecule has 0 radical (unpaired) electrons. The molecule has 4 rings (SSSR count). The molecule has 6 nitrogen and oxygen atoms in total. The number of carboxylic acids is 1. The summed E-state index contributed by atoms with van der Waals surface area (Å²) in [7, 11) is 0. The van der Waals surface area contributed by atoms with Crippen LogP contribution in [0.15, 0.2) is 59.0 Å². The zero-order chi connectivity index (χ0) is 19.8. The van der Waals surface area contributed by atoms with Crippen molar-refractivity contribution in [1.82, 2.24) is 9.55 Å². The highest BCUT2D eigenvalue weighted by Gasteiger charge is 2.21. The van der Waals surface area contributed by atoms with Crippen LogP contribution in [0.3, 0.4) is 0 Å². The van der Waals surface area contributed by atoms with Gasteiger partial charge in [-0.2, -0.15) is 0 Å². The second-order valence-electron chi connectivity index (χ2n) is 5.78. The summed E-state index contributed by atoms with van der Waals surface area (Å²) in [5, 5.41) is 15.4. The predicted octanol–water partition coefficient (Wildman–Crippen LogP) is 2.83. The van der Waals surface area contributed by atoms with Gasteiger partial charge in [0, 0.05) is 23.5 Å². The van der Waals surface area contributed by atoms with Gasteiger partial charge in [0.1, 0.15) is 5.69 Å². The SMILES string of the molecule is O=C([O-])c1cn(-c2nccs2)c2c(F)c(Nc3ccccc3)c(F)cc2c1=O. The first-order valence-corrected chi connectivity index (χ1v) is 8.86. The summed E-state index contributed by atoms with van der Waals surface area (Å²) in [4.78, 5) is 27.8. The molecule has 0 unspecified atom stereocenters. The quantitative estimate of drug-likeness (QED) is 0.571. The molecular formula is C19H10F2N3O3S-. The fourth-order valence-electron chi connectivity index (χ4n) is 2.83. The summed E-state index contributed by atoms with van der Waals surface area (Å²) in [6.45, 7) is 0. The van der Waals surface area contributed by atoms with E-state index in [0.717, 1.165) is 28.2 Å². The Balaban J connectivity index is 2.06. The van der Waals surface area contributed by atoms with Gasteiger partial charge in [-0.15, -0.1) is 11.3 Å². The van der Waals surface area contributed by atoms with Crippen LogP contribution in [0.25, 0.3) is 16.0 Å². The molecule has 140 valence electrons. The number of fused-ring (bicyclic) bond motifs is 1. The molecule has 2 aromatic heterocycles. The number of aromatic carboxylic acids is 1. The van der Waals surface area contributed by atoms with Gasteiger partial charge in [-0.3, -0.25) is 9.36 Å². The first kappa shape index (κ1) is 17.8. The number of nitrogens with zero attached hydrogens (tertiary/aromatic N) is 2. The van der Waals surface area contributed by atoms with E-state index >= 15 is 4.39 Å². The van der Waals surface area contributed by atoms with Crippen LogP contribution in [0.5, 0.6) is 0 Å². The van der Waals surface area contributed by atoms with Crippen LogP contribution in [0, 0.1) is 11.6 Å². The number of thiazole rings is 1. The lowest BCUT2D eigenvalue weighted by atomic mass is 10.1. The van der Waals surface area contributed by atoms with E-state index in [0.29, 0.717) is 5.69 Å². The second kappa shape index (κ2) is 6.86. The van der Waals surface area contributed by atoms with Gasteiger partial charge >= 0.3 is 0 Å². The summed E-state index contributed by atoms with van der Waals surface area (Å²) in [5.41, 5.74) is -2.07. The van der Waals surface area contributed by atoms with Gasteiger partial charge in [-0.1, -0.05) is 18.2 Å². The van der Waals surface area contributed by atoms with E-state index in [2.05, 4.69) is 10.3 Å². The van der Waals surface area contributed by atoms with Gasteiger partial charge in [0.05, 0.1) is 22.4 Å². The number of carboxylic acid groups (broad SMARTS) is 1. The summed E-state index contributed by atoms with van der Waals surface area (Å²) in [5.74, 6) is -3.83. The topological polar surface area (TPSA) is 87.0 Å². The van der Waals surface area contributed by atoms with Gasteiger partial charge in [-0.25, -0.2) is 13.8 Å². The molecule has 0 saturated heterocycles. The number of carbonyl (C=O) groups is 1. The lowest BCUT2D eigenvalue weighted by Gasteiger charge is -2.16. The molecule has 0 aliphatic rings. The van der Waals surface area contributed by atoms with Crippen molar-refractivity contribution in [1.29, 1.82) is 0 Å². The van der Waals surface area contributed by atoms with E-state index in [9.17, 15) is 19.1 Å². The van der Waals surface area contributed by atoms with Crippen LogP contribution in [0.4, 0.5) is 20.2 Å². The molecule has 28 heavy (non-hydrogen) atoms. The molecule has 2 heterocycles. The van der Waals surface area contributed by atoms with Crippen LogP contribution < -0.4 is 15.9 Å². The Bertz CT molecular complexity index is 1260. The number of aromatic nitrogens is 2.